The fraction of sp³-hybridized carbons (Fsp3) is 0.343. The van der Waals surface area contributed by atoms with Crippen molar-refractivity contribution in [1.82, 2.24) is 20.9 Å². The molecule has 1 heterocycles. The summed E-state index contributed by atoms with van der Waals surface area (Å²) in [4.78, 5) is 67.4. The second kappa shape index (κ2) is 17.3. The summed E-state index contributed by atoms with van der Waals surface area (Å²) in [5.74, 6) is -3.63. The Hall–Kier alpha value is -4.88. The maximum absolute atomic E-state index is 13.9. The Morgan fingerprint density at radius 1 is 0.750 bits per heavy atom. The highest BCUT2D eigenvalue weighted by Gasteiger charge is 2.38. The van der Waals surface area contributed by atoms with E-state index < -0.39 is 59.8 Å². The van der Waals surface area contributed by atoms with Gasteiger partial charge in [-0.05, 0) is 48.1 Å². The fourth-order valence-corrected chi connectivity index (χ4v) is 5.85. The number of aliphatic carboxylic acids is 1. The molecule has 0 spiro atoms. The second-order valence-electron chi connectivity index (χ2n) is 11.8. The number of hydrogen-bond donors (Lipinski definition) is 7. The van der Waals surface area contributed by atoms with E-state index in [1.54, 1.807) is 66.7 Å². The predicted molar refractivity (Wildman–Crippen MR) is 182 cm³/mol. The van der Waals surface area contributed by atoms with Crippen LogP contribution in [0.2, 0.25) is 0 Å². The van der Waals surface area contributed by atoms with Crippen molar-refractivity contribution < 1.29 is 34.2 Å². The Labute approximate surface area is 284 Å². The van der Waals surface area contributed by atoms with Gasteiger partial charge in [0.1, 0.15) is 29.9 Å². The normalized spacial score (nSPS) is 16.6. The maximum atomic E-state index is 13.9. The lowest BCUT2D eigenvalue weighted by molar-refractivity contribution is -0.141. The van der Waals surface area contributed by atoms with Crippen LogP contribution in [-0.4, -0.2) is 87.2 Å². The van der Waals surface area contributed by atoms with E-state index >= 15 is 0 Å². The molecule has 1 fully saturated rings. The molecule has 0 radical (unpaired) electrons. The molecule has 0 aromatic heterocycles. The number of phenols is 1. The average Bonchev–Trinajstić information content (AvgIpc) is 3.58. The molecule has 0 unspecified atom stereocenters. The van der Waals surface area contributed by atoms with Crippen LogP contribution in [0.4, 0.5) is 0 Å². The molecule has 48 heavy (non-hydrogen) atoms. The molecule has 4 rings (SSSR count). The van der Waals surface area contributed by atoms with Crippen LogP contribution >= 0.6 is 12.6 Å². The molecule has 0 bridgehead atoms. The van der Waals surface area contributed by atoms with Crippen molar-refractivity contribution in [2.45, 2.75) is 62.3 Å². The molecule has 1 saturated heterocycles. The lowest BCUT2D eigenvalue weighted by atomic mass is 10.0. The molecule has 4 amide bonds. The third kappa shape index (κ3) is 10.1. The summed E-state index contributed by atoms with van der Waals surface area (Å²) in [5, 5.41) is 27.0. The number of carbonyl (C=O) groups excluding carboxylic acids is 4. The highest BCUT2D eigenvalue weighted by atomic mass is 32.1. The molecule has 0 aliphatic carbocycles. The van der Waals surface area contributed by atoms with Crippen molar-refractivity contribution in [3.63, 3.8) is 0 Å². The number of rotatable bonds is 15. The van der Waals surface area contributed by atoms with Gasteiger partial charge in [-0.1, -0.05) is 72.8 Å². The molecule has 1 aliphatic heterocycles. The topological polar surface area (TPSA) is 191 Å². The van der Waals surface area contributed by atoms with Crippen LogP contribution in [0.25, 0.3) is 0 Å². The first-order valence-corrected chi connectivity index (χ1v) is 16.4. The zero-order valence-electron chi connectivity index (χ0n) is 26.3. The molecule has 12 nitrogen and oxygen atoms in total. The van der Waals surface area contributed by atoms with Crippen LogP contribution in [0.3, 0.4) is 0 Å². The number of likely N-dealkylation sites (tertiary alicyclic amines) is 1. The number of nitrogens with one attached hydrogen (secondary N) is 3. The van der Waals surface area contributed by atoms with Crippen molar-refractivity contribution in [3.8, 4) is 5.75 Å². The van der Waals surface area contributed by atoms with Gasteiger partial charge in [0.2, 0.25) is 23.6 Å². The number of nitrogens with zero attached hydrogens (tertiary/aromatic N) is 1. The van der Waals surface area contributed by atoms with Gasteiger partial charge in [-0.3, -0.25) is 19.2 Å². The largest absolute Gasteiger partial charge is 0.508 e. The SMILES string of the molecule is N[C@@H](Cc1ccc(O)cc1)C(=O)N1CCC[C@H]1C(=O)N[C@@H](Cc1ccccc1)C(=O)N[C@@H](Cc1ccccc1)C(=O)N[C@@H](CS)C(=O)O. The van der Waals surface area contributed by atoms with Crippen molar-refractivity contribution in [2.75, 3.05) is 12.3 Å². The number of amides is 4. The van der Waals surface area contributed by atoms with Gasteiger partial charge in [0.05, 0.1) is 6.04 Å². The number of phenolic OH excluding ortho intramolecular Hbond substituents is 1. The summed E-state index contributed by atoms with van der Waals surface area (Å²) in [6.07, 6.45) is 1.31. The number of thiol groups is 1. The van der Waals surface area contributed by atoms with Crippen molar-refractivity contribution in [2.24, 2.45) is 5.73 Å². The summed E-state index contributed by atoms with van der Waals surface area (Å²) in [5.41, 5.74) is 8.49. The van der Waals surface area contributed by atoms with Crippen LogP contribution in [0.5, 0.6) is 5.75 Å². The monoisotopic (exact) mass is 675 g/mol. The average molecular weight is 676 g/mol. The van der Waals surface area contributed by atoms with E-state index in [0.29, 0.717) is 19.4 Å². The minimum atomic E-state index is -1.28. The van der Waals surface area contributed by atoms with Crippen LogP contribution in [0.1, 0.15) is 29.5 Å². The lowest BCUT2D eigenvalue weighted by Gasteiger charge is -2.29. The number of carboxylic acid groups (broad SMARTS) is 1. The molecule has 3 aromatic rings. The minimum Gasteiger partial charge on any atom is -0.508 e. The quantitative estimate of drug-likeness (QED) is 0.117. The Morgan fingerprint density at radius 3 is 1.77 bits per heavy atom. The van der Waals surface area contributed by atoms with Gasteiger partial charge in [-0.25, -0.2) is 4.79 Å². The number of aromatic hydroxyl groups is 1. The van der Waals surface area contributed by atoms with Gasteiger partial charge >= 0.3 is 5.97 Å². The molecule has 0 saturated carbocycles. The first kappa shape index (κ1) is 36.0. The highest BCUT2D eigenvalue weighted by molar-refractivity contribution is 7.80. The van der Waals surface area contributed by atoms with Crippen molar-refractivity contribution in [3.05, 3.63) is 102 Å². The molecule has 254 valence electrons. The zero-order chi connectivity index (χ0) is 34.6. The minimum absolute atomic E-state index is 0.0627. The summed E-state index contributed by atoms with van der Waals surface area (Å²) < 4.78 is 0. The lowest BCUT2D eigenvalue weighted by Crippen LogP contribution is -2.59. The number of benzene rings is 3. The van der Waals surface area contributed by atoms with Gasteiger partial charge in [0, 0.05) is 25.1 Å². The Morgan fingerprint density at radius 2 is 1.25 bits per heavy atom. The smallest absolute Gasteiger partial charge is 0.327 e. The number of carbonyl (C=O) groups is 5. The first-order chi connectivity index (χ1) is 23.0. The summed E-state index contributed by atoms with van der Waals surface area (Å²) in [7, 11) is 0. The Bertz CT molecular complexity index is 1560. The summed E-state index contributed by atoms with van der Waals surface area (Å²) >= 11 is 4.02. The molecular formula is C35H41N5O7S. The van der Waals surface area contributed by atoms with Crippen LogP contribution < -0.4 is 21.7 Å². The summed E-state index contributed by atoms with van der Waals surface area (Å²) in [6, 6.07) is 19.0. The Balaban J connectivity index is 1.52. The van der Waals surface area contributed by atoms with E-state index in [2.05, 4.69) is 28.6 Å². The third-order valence-corrected chi connectivity index (χ3v) is 8.54. The van der Waals surface area contributed by atoms with E-state index in [-0.39, 0.29) is 30.8 Å². The standard InChI is InChI=1S/C35H41N5O7S/c36-26(18-24-13-15-25(41)16-14-24)34(45)40-17-7-12-30(40)33(44)38-28(20-23-10-5-2-6-11-23)31(42)37-27(19-22-8-3-1-4-9-22)32(43)39-29(21-48)35(46)47/h1-6,8-11,13-16,26-30,41,48H,7,12,17-21,36H2,(H,37,42)(H,38,44)(H,39,43)(H,46,47)/t26-,27-,28-,29-,30-/m0/s1. The fourth-order valence-electron chi connectivity index (χ4n) is 5.61. The van der Waals surface area contributed by atoms with Crippen LogP contribution in [0.15, 0.2) is 84.9 Å². The number of hydrogen-bond acceptors (Lipinski definition) is 8. The molecule has 7 N–H and O–H groups in total. The van der Waals surface area contributed by atoms with Gasteiger partial charge in [0.15, 0.2) is 0 Å². The Kier molecular flexibility index (Phi) is 13.0. The molecule has 1 aliphatic rings. The van der Waals surface area contributed by atoms with Crippen LogP contribution in [0, 0.1) is 0 Å². The number of nitrogens with two attached hydrogens (primary N) is 1. The number of carboxylic acids is 1. The predicted octanol–water partition coefficient (Wildman–Crippen LogP) is 1.21. The van der Waals surface area contributed by atoms with Crippen molar-refractivity contribution >= 4 is 42.2 Å². The van der Waals surface area contributed by atoms with Crippen LogP contribution in [-0.2, 0) is 43.2 Å². The van der Waals surface area contributed by atoms with Gasteiger partial charge in [0.25, 0.3) is 0 Å². The molecule has 5 atom stereocenters. The first-order valence-electron chi connectivity index (χ1n) is 15.7. The van der Waals surface area contributed by atoms with E-state index in [0.717, 1.165) is 16.7 Å². The zero-order valence-corrected chi connectivity index (χ0v) is 27.2. The molecule has 13 heteroatoms. The van der Waals surface area contributed by atoms with E-state index in [1.165, 1.54) is 17.0 Å². The van der Waals surface area contributed by atoms with Gasteiger partial charge in [-0.2, -0.15) is 12.6 Å². The maximum Gasteiger partial charge on any atom is 0.327 e. The summed E-state index contributed by atoms with van der Waals surface area (Å²) in [6.45, 7) is 0.324. The molecular weight excluding hydrogens is 634 g/mol. The van der Waals surface area contributed by atoms with Gasteiger partial charge < -0.3 is 36.8 Å². The van der Waals surface area contributed by atoms with E-state index in [1.807, 2.05) is 6.07 Å². The third-order valence-electron chi connectivity index (χ3n) is 8.18. The highest BCUT2D eigenvalue weighted by Crippen LogP contribution is 2.20. The van der Waals surface area contributed by atoms with E-state index in [4.69, 9.17) is 5.73 Å². The van der Waals surface area contributed by atoms with Gasteiger partial charge in [-0.15, -0.1) is 0 Å². The molecule has 3 aromatic carbocycles. The second-order valence-corrected chi connectivity index (χ2v) is 12.1. The van der Waals surface area contributed by atoms with Crippen molar-refractivity contribution in [1.29, 1.82) is 0 Å². The van der Waals surface area contributed by atoms with E-state index in [9.17, 15) is 34.2 Å².